The quantitative estimate of drug-likeness (QED) is 0.851. The van der Waals surface area contributed by atoms with E-state index in [-0.39, 0.29) is 11.9 Å². The van der Waals surface area contributed by atoms with E-state index in [9.17, 15) is 4.79 Å². The molecule has 1 amide bonds. The molecule has 3 rings (SSSR count). The van der Waals surface area contributed by atoms with Crippen LogP contribution in [0.3, 0.4) is 0 Å². The average molecular weight is 306 g/mol. The van der Waals surface area contributed by atoms with Gasteiger partial charge >= 0.3 is 0 Å². The maximum Gasteiger partial charge on any atom is 0.237 e. The van der Waals surface area contributed by atoms with E-state index in [1.165, 1.54) is 12.8 Å². The second-order valence-electron chi connectivity index (χ2n) is 6.57. The molecule has 0 bridgehead atoms. The van der Waals surface area contributed by atoms with E-state index >= 15 is 0 Å². The lowest BCUT2D eigenvalue weighted by Crippen LogP contribution is -2.45. The van der Waals surface area contributed by atoms with Gasteiger partial charge in [0.25, 0.3) is 0 Å². The van der Waals surface area contributed by atoms with E-state index in [4.69, 9.17) is 4.52 Å². The van der Waals surface area contributed by atoms with E-state index in [1.54, 1.807) is 0 Å². The maximum absolute atomic E-state index is 12.1. The summed E-state index contributed by atoms with van der Waals surface area (Å²) in [7, 11) is 0. The number of carbonyl (C=O) groups excluding carboxylic acids is 1. The van der Waals surface area contributed by atoms with Crippen LogP contribution in [0.2, 0.25) is 0 Å². The number of hydrogen-bond acceptors (Lipinski definition) is 5. The van der Waals surface area contributed by atoms with Crippen LogP contribution in [0, 0.1) is 12.8 Å². The number of aromatic nitrogens is 1. The second-order valence-corrected chi connectivity index (χ2v) is 6.57. The Morgan fingerprint density at radius 3 is 3.14 bits per heavy atom. The minimum absolute atomic E-state index is 0.0249. The summed E-state index contributed by atoms with van der Waals surface area (Å²) in [5, 5.41) is 10.3. The molecular formula is C16H26N4O2. The maximum atomic E-state index is 12.1. The number of likely N-dealkylation sites (tertiary alicyclic amines) is 1. The minimum Gasteiger partial charge on any atom is -0.360 e. The van der Waals surface area contributed by atoms with Crippen molar-refractivity contribution in [1.29, 1.82) is 0 Å². The predicted octanol–water partition coefficient (Wildman–Crippen LogP) is 1.06. The molecule has 0 aliphatic carbocycles. The number of carbonyl (C=O) groups is 1. The Hall–Kier alpha value is -1.40. The van der Waals surface area contributed by atoms with Crippen LogP contribution >= 0.6 is 0 Å². The number of hydrogen-bond donors (Lipinski definition) is 2. The fraction of sp³-hybridized carbons (Fsp3) is 0.750. The largest absolute Gasteiger partial charge is 0.360 e. The lowest BCUT2D eigenvalue weighted by Gasteiger charge is -2.32. The van der Waals surface area contributed by atoms with Gasteiger partial charge in [0, 0.05) is 19.2 Å². The number of amides is 1. The highest BCUT2D eigenvalue weighted by molar-refractivity contribution is 5.81. The van der Waals surface area contributed by atoms with E-state index in [0.717, 1.165) is 57.0 Å². The standard InChI is InChI=1S/C16H26N4O2/c1-12-8-14(22-19-12)11-20-7-3-4-13(10-20)9-18-16(21)15-5-2-6-17-15/h8,13,15,17H,2-7,9-11H2,1H3,(H,18,21). The van der Waals surface area contributed by atoms with Crippen molar-refractivity contribution in [1.82, 2.24) is 20.7 Å². The third-order valence-corrected chi connectivity index (χ3v) is 4.60. The molecule has 3 heterocycles. The van der Waals surface area contributed by atoms with Gasteiger partial charge in [0.15, 0.2) is 5.76 Å². The number of nitrogens with zero attached hydrogens (tertiary/aromatic N) is 2. The zero-order valence-electron chi connectivity index (χ0n) is 13.3. The van der Waals surface area contributed by atoms with Gasteiger partial charge in [-0.3, -0.25) is 9.69 Å². The molecule has 22 heavy (non-hydrogen) atoms. The zero-order valence-corrected chi connectivity index (χ0v) is 13.3. The molecule has 0 radical (unpaired) electrons. The molecule has 2 saturated heterocycles. The van der Waals surface area contributed by atoms with Crippen LogP contribution in [0.25, 0.3) is 0 Å². The lowest BCUT2D eigenvalue weighted by atomic mass is 9.97. The first kappa shape index (κ1) is 15.5. The van der Waals surface area contributed by atoms with Gasteiger partial charge in [-0.15, -0.1) is 0 Å². The van der Waals surface area contributed by atoms with Crippen LogP contribution < -0.4 is 10.6 Å². The molecule has 2 atom stereocenters. The molecular weight excluding hydrogens is 280 g/mol. The normalized spacial score (nSPS) is 26.2. The van der Waals surface area contributed by atoms with Crippen molar-refractivity contribution >= 4 is 5.91 Å². The molecule has 2 N–H and O–H groups in total. The molecule has 2 unspecified atom stereocenters. The van der Waals surface area contributed by atoms with Crippen molar-refractivity contribution in [3.05, 3.63) is 17.5 Å². The van der Waals surface area contributed by atoms with E-state index in [0.29, 0.717) is 5.92 Å². The molecule has 6 heteroatoms. The summed E-state index contributed by atoms with van der Waals surface area (Å²) in [5.41, 5.74) is 0.930. The molecule has 0 saturated carbocycles. The average Bonchev–Trinajstić information content (AvgIpc) is 3.17. The SMILES string of the molecule is Cc1cc(CN2CCCC(CNC(=O)C3CCCN3)C2)on1. The highest BCUT2D eigenvalue weighted by atomic mass is 16.5. The smallest absolute Gasteiger partial charge is 0.237 e. The number of nitrogens with one attached hydrogen (secondary N) is 2. The Morgan fingerprint density at radius 2 is 2.41 bits per heavy atom. The number of aryl methyl sites for hydroxylation is 1. The third-order valence-electron chi connectivity index (χ3n) is 4.60. The molecule has 2 aliphatic heterocycles. The van der Waals surface area contributed by atoms with Gasteiger partial charge in [0.2, 0.25) is 5.91 Å². The Bertz CT molecular complexity index is 496. The highest BCUT2D eigenvalue weighted by Crippen LogP contribution is 2.18. The van der Waals surface area contributed by atoms with Gasteiger partial charge in [-0.2, -0.15) is 0 Å². The van der Waals surface area contributed by atoms with E-state index in [2.05, 4.69) is 20.7 Å². The zero-order chi connectivity index (χ0) is 15.4. The molecule has 2 fully saturated rings. The fourth-order valence-corrected chi connectivity index (χ4v) is 3.45. The summed E-state index contributed by atoms with van der Waals surface area (Å²) in [4.78, 5) is 14.4. The summed E-state index contributed by atoms with van der Waals surface area (Å²) in [6.45, 7) is 6.61. The number of piperidine rings is 1. The first-order valence-electron chi connectivity index (χ1n) is 8.36. The van der Waals surface area contributed by atoms with E-state index < -0.39 is 0 Å². The minimum atomic E-state index is 0.0249. The number of rotatable bonds is 5. The van der Waals surface area contributed by atoms with Gasteiger partial charge in [-0.25, -0.2) is 0 Å². The predicted molar refractivity (Wildman–Crippen MR) is 83.3 cm³/mol. The summed E-state index contributed by atoms with van der Waals surface area (Å²) in [6.07, 6.45) is 4.43. The van der Waals surface area contributed by atoms with Crippen molar-refractivity contribution in [3.63, 3.8) is 0 Å². The summed E-state index contributed by atoms with van der Waals surface area (Å²) in [6, 6.07) is 2.02. The lowest BCUT2D eigenvalue weighted by molar-refractivity contribution is -0.123. The first-order valence-corrected chi connectivity index (χ1v) is 8.36. The topological polar surface area (TPSA) is 70.4 Å². The molecule has 0 aromatic carbocycles. The fourth-order valence-electron chi connectivity index (χ4n) is 3.45. The molecule has 2 aliphatic rings. The summed E-state index contributed by atoms with van der Waals surface area (Å²) in [5.74, 6) is 1.63. The van der Waals surface area contributed by atoms with Gasteiger partial charge in [-0.05, 0) is 51.6 Å². The molecule has 1 aromatic rings. The van der Waals surface area contributed by atoms with Crippen molar-refractivity contribution in [2.45, 2.75) is 45.2 Å². The Labute approximate surface area is 131 Å². The van der Waals surface area contributed by atoms with Crippen LogP contribution in [-0.4, -0.2) is 48.2 Å². The first-order chi connectivity index (χ1) is 10.7. The van der Waals surface area contributed by atoms with Crippen molar-refractivity contribution in [2.24, 2.45) is 5.92 Å². The van der Waals surface area contributed by atoms with Crippen LogP contribution in [0.1, 0.15) is 37.1 Å². The molecule has 122 valence electrons. The third kappa shape index (κ3) is 4.08. The Morgan fingerprint density at radius 1 is 1.50 bits per heavy atom. The van der Waals surface area contributed by atoms with Crippen LogP contribution in [0.15, 0.2) is 10.6 Å². The van der Waals surface area contributed by atoms with Gasteiger partial charge in [0.1, 0.15) is 0 Å². The van der Waals surface area contributed by atoms with E-state index in [1.807, 2.05) is 13.0 Å². The van der Waals surface area contributed by atoms with Gasteiger partial charge in [-0.1, -0.05) is 5.16 Å². The molecule has 6 nitrogen and oxygen atoms in total. The monoisotopic (exact) mass is 306 g/mol. The van der Waals surface area contributed by atoms with Crippen molar-refractivity contribution < 1.29 is 9.32 Å². The van der Waals surface area contributed by atoms with Crippen LogP contribution in [-0.2, 0) is 11.3 Å². The Kier molecular flexibility index (Phi) is 5.10. The molecule has 0 spiro atoms. The van der Waals surface area contributed by atoms with Crippen molar-refractivity contribution in [3.8, 4) is 0 Å². The highest BCUT2D eigenvalue weighted by Gasteiger charge is 2.25. The van der Waals surface area contributed by atoms with Gasteiger partial charge in [0.05, 0.1) is 18.3 Å². The van der Waals surface area contributed by atoms with Crippen molar-refractivity contribution in [2.75, 3.05) is 26.2 Å². The second kappa shape index (κ2) is 7.24. The molecule has 1 aromatic heterocycles. The van der Waals surface area contributed by atoms with Crippen LogP contribution in [0.5, 0.6) is 0 Å². The summed E-state index contributed by atoms with van der Waals surface area (Å²) >= 11 is 0. The van der Waals surface area contributed by atoms with Crippen LogP contribution in [0.4, 0.5) is 0 Å². The Balaban J connectivity index is 1.43. The van der Waals surface area contributed by atoms with Gasteiger partial charge < -0.3 is 15.2 Å². The summed E-state index contributed by atoms with van der Waals surface area (Å²) < 4.78 is 5.30.